The van der Waals surface area contributed by atoms with Crippen LogP contribution in [0.25, 0.3) is 0 Å². The Balaban J connectivity index is 0.000000277. The highest BCUT2D eigenvalue weighted by molar-refractivity contribution is 8.18. The molecule has 2 fully saturated rings. The molecule has 0 aromatic heterocycles. The fourth-order valence-corrected chi connectivity index (χ4v) is 6.94. The zero-order valence-corrected chi connectivity index (χ0v) is 31.7. The van der Waals surface area contributed by atoms with Gasteiger partial charge in [-0.2, -0.15) is 0 Å². The average Bonchev–Trinajstić information content (AvgIpc) is 3.56. The third-order valence-corrected chi connectivity index (χ3v) is 10.0. The number of amides is 4. The molecule has 2 aromatic rings. The molecule has 0 atom stereocenters. The van der Waals surface area contributed by atoms with E-state index in [1.807, 2.05) is 48.6 Å². The van der Waals surface area contributed by atoms with Crippen molar-refractivity contribution in [3.63, 3.8) is 0 Å². The average molecular weight is 739 g/mol. The topological polar surface area (TPSA) is 145 Å². The molecule has 0 unspecified atom stereocenters. The van der Waals surface area contributed by atoms with Crippen molar-refractivity contribution in [3.8, 4) is 11.5 Å². The summed E-state index contributed by atoms with van der Waals surface area (Å²) in [7, 11) is 0. The standard InChI is InChI=1S/C21H30N2O3S.C18H24N2O3S/c1-2-3-4-5-6-16-26-18-12-10-17(11-13-18)8-7-9-19-20(24)23(15-14-22)21(25)27-19;1-2-3-13-23-15-9-7-14(8-10-15)5-4-6-16-17(21)20(12-11-19)18(22)24-16/h9-13H,2-8,14-16,22H2,1H3;6-10H,2-5,11-13,19H2,1H3/b19-9-;16-6-. The van der Waals surface area contributed by atoms with Crippen LogP contribution in [0.5, 0.6) is 11.5 Å². The second-order valence-electron chi connectivity index (χ2n) is 12.2. The molecule has 2 heterocycles. The van der Waals surface area contributed by atoms with Gasteiger partial charge in [0.25, 0.3) is 22.3 Å². The lowest BCUT2D eigenvalue weighted by Crippen LogP contribution is -2.33. The summed E-state index contributed by atoms with van der Waals surface area (Å²) in [4.78, 5) is 51.1. The van der Waals surface area contributed by atoms with Crippen LogP contribution in [-0.4, -0.2) is 71.5 Å². The fraction of sp³-hybridized carbons (Fsp3) is 0.487. The number of ether oxygens (including phenoxy) is 2. The van der Waals surface area contributed by atoms with Gasteiger partial charge in [-0.05, 0) is 97.4 Å². The van der Waals surface area contributed by atoms with E-state index in [-0.39, 0.29) is 41.9 Å². The third kappa shape index (κ3) is 14.5. The van der Waals surface area contributed by atoms with E-state index in [1.54, 1.807) is 0 Å². The molecule has 0 spiro atoms. The van der Waals surface area contributed by atoms with Gasteiger partial charge in [0, 0.05) is 26.2 Å². The number of nitrogens with two attached hydrogens (primary N) is 2. The summed E-state index contributed by atoms with van der Waals surface area (Å²) in [5.74, 6) is 1.33. The van der Waals surface area contributed by atoms with Gasteiger partial charge in [0.15, 0.2) is 0 Å². The number of hydrogen-bond donors (Lipinski definition) is 2. The molecule has 4 rings (SSSR count). The molecule has 2 aliphatic heterocycles. The van der Waals surface area contributed by atoms with E-state index < -0.39 is 0 Å². The Kier molecular flexibility index (Phi) is 19.5. The third-order valence-electron chi connectivity index (χ3n) is 8.11. The molecule has 51 heavy (non-hydrogen) atoms. The predicted octanol–water partition coefficient (Wildman–Crippen LogP) is 7.84. The summed E-state index contributed by atoms with van der Waals surface area (Å²) >= 11 is 1.99. The van der Waals surface area contributed by atoms with Crippen molar-refractivity contribution in [2.24, 2.45) is 11.5 Å². The van der Waals surface area contributed by atoms with Crippen LogP contribution in [0.3, 0.4) is 0 Å². The van der Waals surface area contributed by atoms with Gasteiger partial charge in [-0.1, -0.05) is 82.4 Å². The van der Waals surface area contributed by atoms with E-state index in [4.69, 9.17) is 20.9 Å². The molecular formula is C39H54N4O6S2. The van der Waals surface area contributed by atoms with E-state index in [2.05, 4.69) is 26.0 Å². The highest BCUT2D eigenvalue weighted by Crippen LogP contribution is 2.31. The second kappa shape index (κ2) is 23.8. The number of thioether (sulfide) groups is 2. The summed E-state index contributed by atoms with van der Waals surface area (Å²) in [5.41, 5.74) is 13.2. The van der Waals surface area contributed by atoms with Crippen LogP contribution < -0.4 is 20.9 Å². The number of rotatable bonds is 21. The molecule has 4 amide bonds. The maximum absolute atomic E-state index is 12.1. The van der Waals surface area contributed by atoms with Crippen molar-refractivity contribution in [1.82, 2.24) is 9.80 Å². The summed E-state index contributed by atoms with van der Waals surface area (Å²) in [6.45, 7) is 7.00. The van der Waals surface area contributed by atoms with Gasteiger partial charge in [-0.25, -0.2) is 0 Å². The Hall–Kier alpha value is -3.58. The molecule has 278 valence electrons. The smallest absolute Gasteiger partial charge is 0.293 e. The Morgan fingerprint density at radius 3 is 1.41 bits per heavy atom. The summed E-state index contributed by atoms with van der Waals surface area (Å²) in [6.07, 6.45) is 15.1. The quantitative estimate of drug-likeness (QED) is 0.0960. The minimum atomic E-state index is -0.231. The van der Waals surface area contributed by atoms with Crippen LogP contribution in [0.4, 0.5) is 9.59 Å². The van der Waals surface area contributed by atoms with Gasteiger partial charge in [-0.3, -0.25) is 29.0 Å². The van der Waals surface area contributed by atoms with Crippen LogP contribution in [0, 0.1) is 0 Å². The lowest BCUT2D eigenvalue weighted by atomic mass is 10.1. The number of hydrogen-bond acceptors (Lipinski definition) is 10. The van der Waals surface area contributed by atoms with Crippen molar-refractivity contribution >= 4 is 45.8 Å². The van der Waals surface area contributed by atoms with Crippen LogP contribution in [0.1, 0.15) is 82.8 Å². The van der Waals surface area contributed by atoms with E-state index in [0.29, 0.717) is 22.8 Å². The lowest BCUT2D eigenvalue weighted by Gasteiger charge is -2.09. The summed E-state index contributed by atoms with van der Waals surface area (Å²) in [5, 5.41) is -0.460. The maximum atomic E-state index is 12.1. The van der Waals surface area contributed by atoms with Gasteiger partial charge < -0.3 is 20.9 Å². The number of imide groups is 2. The minimum Gasteiger partial charge on any atom is -0.494 e. The van der Waals surface area contributed by atoms with Crippen LogP contribution in [0.2, 0.25) is 0 Å². The number of aryl methyl sites for hydroxylation is 2. The van der Waals surface area contributed by atoms with Gasteiger partial charge >= 0.3 is 0 Å². The van der Waals surface area contributed by atoms with Gasteiger partial charge in [-0.15, -0.1) is 0 Å². The highest BCUT2D eigenvalue weighted by Gasteiger charge is 2.34. The number of carbonyl (C=O) groups is 4. The first-order valence-electron chi connectivity index (χ1n) is 18.1. The molecule has 0 aliphatic carbocycles. The lowest BCUT2D eigenvalue weighted by molar-refractivity contribution is -0.123. The first-order valence-corrected chi connectivity index (χ1v) is 19.8. The van der Waals surface area contributed by atoms with Crippen LogP contribution in [-0.2, 0) is 22.4 Å². The van der Waals surface area contributed by atoms with Crippen LogP contribution in [0.15, 0.2) is 70.5 Å². The molecule has 2 aromatic carbocycles. The monoisotopic (exact) mass is 738 g/mol. The molecule has 12 heteroatoms. The Labute approximate surface area is 311 Å². The number of nitrogens with zero attached hydrogens (tertiary/aromatic N) is 2. The van der Waals surface area contributed by atoms with E-state index >= 15 is 0 Å². The zero-order valence-electron chi connectivity index (χ0n) is 30.1. The Morgan fingerprint density at radius 1 is 0.588 bits per heavy atom. The number of carbonyl (C=O) groups excluding carboxylic acids is 4. The first kappa shape index (κ1) is 41.8. The summed E-state index contributed by atoms with van der Waals surface area (Å²) < 4.78 is 11.4. The van der Waals surface area contributed by atoms with Gasteiger partial charge in [0.1, 0.15) is 11.5 Å². The normalized spacial score (nSPS) is 16.0. The van der Waals surface area contributed by atoms with Crippen molar-refractivity contribution in [2.75, 3.05) is 39.4 Å². The molecule has 0 saturated carbocycles. The minimum absolute atomic E-state index is 0.224. The zero-order chi connectivity index (χ0) is 36.8. The Morgan fingerprint density at radius 2 is 1.00 bits per heavy atom. The largest absolute Gasteiger partial charge is 0.494 e. The second-order valence-corrected chi connectivity index (χ2v) is 14.2. The van der Waals surface area contributed by atoms with E-state index in [1.165, 1.54) is 46.6 Å². The predicted molar refractivity (Wildman–Crippen MR) is 208 cm³/mol. The molecule has 4 N–H and O–H groups in total. The number of benzene rings is 2. The highest BCUT2D eigenvalue weighted by atomic mass is 32.2. The fourth-order valence-electron chi connectivity index (χ4n) is 5.19. The molecule has 2 aliphatic rings. The first-order chi connectivity index (χ1) is 24.8. The van der Waals surface area contributed by atoms with Crippen molar-refractivity contribution in [3.05, 3.63) is 81.6 Å². The van der Waals surface area contributed by atoms with Crippen molar-refractivity contribution in [1.29, 1.82) is 0 Å². The van der Waals surface area contributed by atoms with E-state index in [9.17, 15) is 19.2 Å². The molecular weight excluding hydrogens is 685 g/mol. The molecule has 0 bridgehead atoms. The van der Waals surface area contributed by atoms with Crippen molar-refractivity contribution in [2.45, 2.75) is 84.5 Å². The number of unbranched alkanes of at least 4 members (excludes halogenated alkanes) is 5. The SMILES string of the molecule is CCCCCCCOc1ccc(CC/C=C2\SC(=O)N(CCN)C2=O)cc1.CCCCOc1ccc(CC/C=C2\SC(=O)N(CCN)C2=O)cc1. The molecule has 10 nitrogen and oxygen atoms in total. The molecule has 0 radical (unpaired) electrons. The Bertz CT molecular complexity index is 1460. The van der Waals surface area contributed by atoms with Gasteiger partial charge in [0.05, 0.1) is 23.0 Å². The van der Waals surface area contributed by atoms with Crippen LogP contribution >= 0.6 is 23.5 Å². The van der Waals surface area contributed by atoms with E-state index in [0.717, 1.165) is 86.8 Å². The number of allylic oxidation sites excluding steroid dienone is 2. The van der Waals surface area contributed by atoms with Gasteiger partial charge in [0.2, 0.25) is 0 Å². The maximum Gasteiger partial charge on any atom is 0.293 e. The summed E-state index contributed by atoms with van der Waals surface area (Å²) in [6, 6.07) is 16.1. The molecule has 2 saturated heterocycles. The van der Waals surface area contributed by atoms with Crippen molar-refractivity contribution < 1.29 is 28.7 Å².